The van der Waals surface area contributed by atoms with E-state index in [4.69, 9.17) is 0 Å². The van der Waals surface area contributed by atoms with Gasteiger partial charge in [-0.05, 0) is 54.3 Å². The number of carbonyl (C=O) groups excluding carboxylic acids is 1. The number of imidazole rings is 1. The predicted molar refractivity (Wildman–Crippen MR) is 174 cm³/mol. The first-order valence-electron chi connectivity index (χ1n) is 15.2. The molecule has 228 valence electrons. The van der Waals surface area contributed by atoms with Gasteiger partial charge in [-0.15, -0.1) is 0 Å². The zero-order valence-corrected chi connectivity index (χ0v) is 25.3. The van der Waals surface area contributed by atoms with Gasteiger partial charge in [-0.25, -0.2) is 9.78 Å². The van der Waals surface area contributed by atoms with Gasteiger partial charge in [0.1, 0.15) is 6.33 Å². The summed E-state index contributed by atoms with van der Waals surface area (Å²) in [6.07, 6.45) is 10.6. The number of rotatable bonds is 5. The molecule has 0 saturated carbocycles. The van der Waals surface area contributed by atoms with E-state index in [0.29, 0.717) is 13.1 Å². The summed E-state index contributed by atoms with van der Waals surface area (Å²) in [6, 6.07) is 18.3. The number of piperidine rings is 1. The fraction of sp³-hybridized carbons (Fsp3) is 0.206. The standard InChI is InChI=1S/C34H30N10O2/c1-41-18-25(16-39-41)28-11-8-23(15-35-28)22-7-12-29-27(14-22)31-30(17-36-29)42(2)34(46)44(31)26-9-5-21(6-10-26)24-4-3-13-43(19-24)33(45)32-37-20-38-40-32/h5-12,14-18,20,24H,3-4,13,19H2,1-2H3,(H,37,38,40). The Morgan fingerprint density at radius 1 is 0.913 bits per heavy atom. The second kappa shape index (κ2) is 10.9. The fourth-order valence-corrected chi connectivity index (χ4v) is 6.49. The second-order valence-electron chi connectivity index (χ2n) is 11.8. The maximum Gasteiger partial charge on any atom is 0.333 e. The van der Waals surface area contributed by atoms with Crippen molar-refractivity contribution < 1.29 is 4.79 Å². The molecular formula is C34H30N10O2. The summed E-state index contributed by atoms with van der Waals surface area (Å²) in [4.78, 5) is 41.8. The van der Waals surface area contributed by atoms with Crippen LogP contribution in [0.4, 0.5) is 0 Å². The molecule has 1 N–H and O–H groups in total. The quantitative estimate of drug-likeness (QED) is 0.304. The highest BCUT2D eigenvalue weighted by Crippen LogP contribution is 2.32. The Labute approximate surface area is 263 Å². The van der Waals surface area contributed by atoms with Crippen LogP contribution in [0.5, 0.6) is 0 Å². The summed E-state index contributed by atoms with van der Waals surface area (Å²) in [5, 5.41) is 11.6. The van der Waals surface area contributed by atoms with Gasteiger partial charge in [-0.3, -0.25) is 33.7 Å². The first kappa shape index (κ1) is 27.6. The van der Waals surface area contributed by atoms with E-state index in [1.165, 1.54) is 6.33 Å². The molecule has 1 saturated heterocycles. The van der Waals surface area contributed by atoms with Crippen LogP contribution in [0, 0.1) is 0 Å². The van der Waals surface area contributed by atoms with E-state index >= 15 is 0 Å². The number of fused-ring (bicyclic) bond motifs is 3. The number of hydrogen-bond acceptors (Lipinski definition) is 7. The molecule has 0 aliphatic carbocycles. The van der Waals surface area contributed by atoms with Gasteiger partial charge < -0.3 is 4.90 Å². The Morgan fingerprint density at radius 3 is 2.50 bits per heavy atom. The highest BCUT2D eigenvalue weighted by molar-refractivity contribution is 6.04. The molecule has 1 atom stereocenters. The normalized spacial score (nSPS) is 15.2. The van der Waals surface area contributed by atoms with E-state index < -0.39 is 0 Å². The molecule has 2 aromatic carbocycles. The number of hydrogen-bond donors (Lipinski definition) is 1. The van der Waals surface area contributed by atoms with Crippen molar-refractivity contribution in [2.75, 3.05) is 13.1 Å². The van der Waals surface area contributed by atoms with Gasteiger partial charge >= 0.3 is 5.69 Å². The number of nitrogens with zero attached hydrogens (tertiary/aromatic N) is 9. The van der Waals surface area contributed by atoms with E-state index in [-0.39, 0.29) is 23.3 Å². The van der Waals surface area contributed by atoms with Crippen molar-refractivity contribution in [2.45, 2.75) is 18.8 Å². The summed E-state index contributed by atoms with van der Waals surface area (Å²) < 4.78 is 5.16. The van der Waals surface area contributed by atoms with E-state index in [1.807, 2.05) is 60.7 Å². The van der Waals surface area contributed by atoms with Crippen LogP contribution in [0.25, 0.3) is 50.0 Å². The minimum atomic E-state index is -0.147. The van der Waals surface area contributed by atoms with Crippen LogP contribution in [0.2, 0.25) is 0 Å². The third kappa shape index (κ3) is 4.66. The molecule has 12 heteroatoms. The molecule has 6 heterocycles. The van der Waals surface area contributed by atoms with Crippen LogP contribution in [0.15, 0.2) is 90.5 Å². The number of H-pyrrole nitrogens is 1. The van der Waals surface area contributed by atoms with Gasteiger partial charge in [-0.1, -0.05) is 24.3 Å². The van der Waals surface area contributed by atoms with Gasteiger partial charge in [0.25, 0.3) is 5.91 Å². The third-order valence-electron chi connectivity index (χ3n) is 8.93. The minimum absolute atomic E-state index is 0.138. The Hall–Kier alpha value is -5.91. The molecular weight excluding hydrogens is 580 g/mol. The third-order valence-corrected chi connectivity index (χ3v) is 8.93. The SMILES string of the molecule is Cn1cc(-c2ccc(-c3ccc4ncc5c(c4c3)n(-c3ccc(C4CCCN(C(=O)c6ncn[nH]6)C4)cc3)c(=O)n5C)cn2)cn1. The smallest absolute Gasteiger partial charge is 0.333 e. The molecule has 7 aromatic rings. The molecule has 1 amide bonds. The summed E-state index contributed by atoms with van der Waals surface area (Å²) >= 11 is 0. The summed E-state index contributed by atoms with van der Waals surface area (Å²) in [7, 11) is 3.66. The van der Waals surface area contributed by atoms with E-state index in [2.05, 4.69) is 48.4 Å². The lowest BCUT2D eigenvalue weighted by atomic mass is 9.90. The molecule has 0 radical (unpaired) electrons. The lowest BCUT2D eigenvalue weighted by Crippen LogP contribution is -2.39. The summed E-state index contributed by atoms with van der Waals surface area (Å²) in [6.45, 7) is 1.29. The second-order valence-corrected chi connectivity index (χ2v) is 11.8. The van der Waals surface area contributed by atoms with Crippen molar-refractivity contribution in [3.63, 3.8) is 0 Å². The van der Waals surface area contributed by atoms with E-state index in [0.717, 1.165) is 68.4 Å². The van der Waals surface area contributed by atoms with E-state index in [9.17, 15) is 9.59 Å². The molecule has 8 rings (SSSR count). The van der Waals surface area contributed by atoms with Gasteiger partial charge in [0.2, 0.25) is 5.82 Å². The number of pyridine rings is 2. The van der Waals surface area contributed by atoms with Gasteiger partial charge in [0.05, 0.1) is 40.3 Å². The molecule has 5 aromatic heterocycles. The van der Waals surface area contributed by atoms with Crippen molar-refractivity contribution in [3.05, 3.63) is 108 Å². The Kier molecular flexibility index (Phi) is 6.55. The average Bonchev–Trinajstić information content (AvgIpc) is 3.85. The molecule has 1 fully saturated rings. The molecule has 1 aliphatic rings. The number of aromatic nitrogens is 9. The van der Waals surface area contributed by atoms with Gasteiger partial charge in [0.15, 0.2) is 0 Å². The topological polar surface area (TPSA) is 132 Å². The molecule has 46 heavy (non-hydrogen) atoms. The highest BCUT2D eigenvalue weighted by atomic mass is 16.2. The van der Waals surface area contributed by atoms with E-state index in [1.54, 1.807) is 33.3 Å². The van der Waals surface area contributed by atoms with Crippen LogP contribution in [-0.4, -0.2) is 68.0 Å². The molecule has 12 nitrogen and oxygen atoms in total. The van der Waals surface area contributed by atoms with Gasteiger partial charge in [-0.2, -0.15) is 10.2 Å². The average molecular weight is 611 g/mol. The number of carbonyl (C=O) groups is 1. The molecule has 1 aliphatic heterocycles. The summed E-state index contributed by atoms with van der Waals surface area (Å²) in [5.74, 6) is 0.306. The largest absolute Gasteiger partial charge is 0.335 e. The lowest BCUT2D eigenvalue weighted by molar-refractivity contribution is 0.0695. The number of likely N-dealkylation sites (tertiary alicyclic amines) is 1. The zero-order valence-electron chi connectivity index (χ0n) is 25.3. The van der Waals surface area contributed by atoms with Crippen LogP contribution >= 0.6 is 0 Å². The number of aromatic amines is 1. The zero-order chi connectivity index (χ0) is 31.4. The monoisotopic (exact) mass is 610 g/mol. The van der Waals surface area contributed by atoms with Crippen molar-refractivity contribution in [2.24, 2.45) is 14.1 Å². The van der Waals surface area contributed by atoms with Crippen molar-refractivity contribution >= 4 is 27.8 Å². The minimum Gasteiger partial charge on any atom is -0.335 e. The summed E-state index contributed by atoms with van der Waals surface area (Å²) in [5.41, 5.74) is 7.84. The van der Waals surface area contributed by atoms with Gasteiger partial charge in [0, 0.05) is 62.0 Å². The first-order valence-corrected chi connectivity index (χ1v) is 15.2. The maximum atomic E-state index is 13.7. The number of amides is 1. The number of benzene rings is 2. The van der Waals surface area contributed by atoms with Crippen molar-refractivity contribution in [1.29, 1.82) is 0 Å². The maximum absolute atomic E-state index is 13.7. The Bertz CT molecular complexity index is 2280. The first-order chi connectivity index (χ1) is 22.4. The Morgan fingerprint density at radius 2 is 1.76 bits per heavy atom. The van der Waals surface area contributed by atoms with Crippen LogP contribution in [0.3, 0.4) is 0 Å². The van der Waals surface area contributed by atoms with Crippen molar-refractivity contribution in [3.8, 4) is 28.1 Å². The Balaban J connectivity index is 1.14. The lowest BCUT2D eigenvalue weighted by Gasteiger charge is -2.32. The molecule has 1 unspecified atom stereocenters. The van der Waals surface area contributed by atoms with Crippen LogP contribution in [0.1, 0.15) is 34.9 Å². The van der Waals surface area contributed by atoms with Crippen molar-refractivity contribution in [1.82, 2.24) is 49.0 Å². The predicted octanol–water partition coefficient (Wildman–Crippen LogP) is 4.48. The molecule has 0 spiro atoms. The van der Waals surface area contributed by atoms with Crippen LogP contribution in [-0.2, 0) is 14.1 Å². The highest BCUT2D eigenvalue weighted by Gasteiger charge is 2.27. The van der Waals surface area contributed by atoms with Crippen LogP contribution < -0.4 is 5.69 Å². The molecule has 0 bridgehead atoms. The fourth-order valence-electron chi connectivity index (χ4n) is 6.49. The number of nitrogens with one attached hydrogen (secondary N) is 1. The number of aryl methyl sites for hydroxylation is 2.